The van der Waals surface area contributed by atoms with Crippen molar-refractivity contribution in [1.82, 2.24) is 20.0 Å². The third-order valence-electron chi connectivity index (χ3n) is 8.27. The second-order valence-corrected chi connectivity index (χ2v) is 10.8. The number of imide groups is 1. The number of hydrogen-bond donors (Lipinski definition) is 1. The Kier molecular flexibility index (Phi) is 7.29. The van der Waals surface area contributed by atoms with Crippen LogP contribution in [0.2, 0.25) is 0 Å². The Morgan fingerprint density at radius 1 is 0.923 bits per heavy atom. The molecule has 1 N–H and O–H groups in total. The molecular weight excluding hydrogens is 499 g/mol. The first kappa shape index (κ1) is 25.9. The quantitative estimate of drug-likeness (QED) is 0.576. The van der Waals surface area contributed by atoms with Crippen molar-refractivity contribution in [3.63, 3.8) is 0 Å². The number of carbonyl (C=O) groups is 3. The topological polar surface area (TPSA) is 82.2 Å². The van der Waals surface area contributed by atoms with Crippen LogP contribution in [-0.2, 0) is 27.4 Å². The molecule has 1 atom stereocenters. The summed E-state index contributed by atoms with van der Waals surface area (Å²) in [4.78, 5) is 43.3. The Labute approximate surface area is 227 Å². The molecule has 0 bridgehead atoms. The van der Waals surface area contributed by atoms with Crippen molar-refractivity contribution in [1.29, 1.82) is 0 Å². The second kappa shape index (κ2) is 11.0. The first-order valence-electron chi connectivity index (χ1n) is 13.7. The van der Waals surface area contributed by atoms with Gasteiger partial charge in [0.15, 0.2) is 0 Å². The molecule has 2 fully saturated rings. The van der Waals surface area contributed by atoms with Crippen LogP contribution in [-0.4, -0.2) is 84.4 Å². The van der Waals surface area contributed by atoms with Crippen LogP contribution in [0.15, 0.2) is 48.0 Å². The molecular formula is C30H33FN4O4. The third kappa shape index (κ3) is 5.52. The fraction of sp³-hybridized carbons (Fsp3) is 0.433. The van der Waals surface area contributed by atoms with Crippen LogP contribution in [0, 0.1) is 5.82 Å². The lowest BCUT2D eigenvalue weighted by Crippen LogP contribution is -2.52. The van der Waals surface area contributed by atoms with E-state index in [1.807, 2.05) is 24.3 Å². The van der Waals surface area contributed by atoms with Crippen molar-refractivity contribution in [3.8, 4) is 0 Å². The van der Waals surface area contributed by atoms with Gasteiger partial charge in [0, 0.05) is 57.8 Å². The zero-order valence-corrected chi connectivity index (χ0v) is 22.0. The Morgan fingerprint density at radius 3 is 2.41 bits per heavy atom. The van der Waals surface area contributed by atoms with Gasteiger partial charge < -0.3 is 9.64 Å². The van der Waals surface area contributed by atoms with E-state index in [9.17, 15) is 18.8 Å². The minimum absolute atomic E-state index is 0.138. The van der Waals surface area contributed by atoms with Crippen LogP contribution in [0.1, 0.15) is 46.3 Å². The molecule has 39 heavy (non-hydrogen) atoms. The van der Waals surface area contributed by atoms with E-state index >= 15 is 0 Å². The van der Waals surface area contributed by atoms with Crippen molar-refractivity contribution >= 4 is 23.3 Å². The lowest BCUT2D eigenvalue weighted by molar-refractivity contribution is -0.136. The van der Waals surface area contributed by atoms with Gasteiger partial charge in [0.2, 0.25) is 11.8 Å². The number of carbonyl (C=O) groups excluding carboxylic acids is 3. The SMILES string of the molecule is O=C1CCC(N2Cc3cc(CN4CCN(CC5=C(c6ccc(F)cc6)CCOC5)CC4)ccc3C2=O)C(=O)N1. The summed E-state index contributed by atoms with van der Waals surface area (Å²) in [7, 11) is 0. The van der Waals surface area contributed by atoms with Gasteiger partial charge >= 0.3 is 0 Å². The maximum atomic E-state index is 13.4. The molecule has 0 aliphatic carbocycles. The second-order valence-electron chi connectivity index (χ2n) is 10.8. The molecule has 0 saturated carbocycles. The summed E-state index contributed by atoms with van der Waals surface area (Å²) >= 11 is 0. The number of benzene rings is 2. The molecule has 3 amide bonds. The Morgan fingerprint density at radius 2 is 1.67 bits per heavy atom. The number of ether oxygens (including phenoxy) is 1. The van der Waals surface area contributed by atoms with Crippen LogP contribution in [0.4, 0.5) is 4.39 Å². The first-order chi connectivity index (χ1) is 18.9. The van der Waals surface area contributed by atoms with Gasteiger partial charge in [-0.1, -0.05) is 24.3 Å². The zero-order valence-electron chi connectivity index (χ0n) is 22.0. The monoisotopic (exact) mass is 532 g/mol. The maximum Gasteiger partial charge on any atom is 0.255 e. The third-order valence-corrected chi connectivity index (χ3v) is 8.27. The van der Waals surface area contributed by atoms with Gasteiger partial charge in [-0.15, -0.1) is 0 Å². The summed E-state index contributed by atoms with van der Waals surface area (Å²) in [5.74, 6) is -1.02. The van der Waals surface area contributed by atoms with E-state index in [0.29, 0.717) is 31.7 Å². The molecule has 204 valence electrons. The van der Waals surface area contributed by atoms with Crippen LogP contribution in [0.3, 0.4) is 0 Å². The minimum atomic E-state index is -0.590. The normalized spacial score (nSPS) is 22.8. The summed E-state index contributed by atoms with van der Waals surface area (Å²) in [5.41, 5.74) is 6.39. The Hall–Kier alpha value is -3.40. The summed E-state index contributed by atoms with van der Waals surface area (Å²) in [6.07, 6.45) is 1.48. The average Bonchev–Trinajstić information content (AvgIpc) is 3.26. The predicted octanol–water partition coefficient (Wildman–Crippen LogP) is 2.58. The van der Waals surface area contributed by atoms with Crippen LogP contribution in [0.25, 0.3) is 5.57 Å². The van der Waals surface area contributed by atoms with Gasteiger partial charge in [-0.3, -0.25) is 29.5 Å². The van der Waals surface area contributed by atoms with Crippen molar-refractivity contribution in [2.45, 2.75) is 38.4 Å². The number of piperazine rings is 1. The molecule has 0 aromatic heterocycles. The summed E-state index contributed by atoms with van der Waals surface area (Å²) in [6.45, 7) is 7.17. The number of nitrogens with zero attached hydrogens (tertiary/aromatic N) is 3. The number of nitrogens with one attached hydrogen (secondary N) is 1. The highest BCUT2D eigenvalue weighted by atomic mass is 19.1. The van der Waals surface area contributed by atoms with E-state index in [1.54, 1.807) is 4.90 Å². The fourth-order valence-electron chi connectivity index (χ4n) is 6.13. The molecule has 4 aliphatic rings. The molecule has 2 aromatic rings. The highest BCUT2D eigenvalue weighted by Gasteiger charge is 2.39. The molecule has 9 heteroatoms. The van der Waals surface area contributed by atoms with E-state index in [2.05, 4.69) is 21.2 Å². The molecule has 0 radical (unpaired) electrons. The number of fused-ring (bicyclic) bond motifs is 1. The molecule has 4 aliphatic heterocycles. The van der Waals surface area contributed by atoms with E-state index in [0.717, 1.165) is 62.4 Å². The lowest BCUT2D eigenvalue weighted by Gasteiger charge is -2.36. The van der Waals surface area contributed by atoms with Crippen LogP contribution >= 0.6 is 0 Å². The van der Waals surface area contributed by atoms with Crippen molar-refractivity contribution in [2.75, 3.05) is 45.9 Å². The van der Waals surface area contributed by atoms with E-state index in [-0.39, 0.29) is 30.0 Å². The summed E-state index contributed by atoms with van der Waals surface area (Å²) in [5, 5.41) is 2.36. The van der Waals surface area contributed by atoms with Gasteiger partial charge in [0.05, 0.1) is 13.2 Å². The predicted molar refractivity (Wildman–Crippen MR) is 143 cm³/mol. The number of hydrogen-bond acceptors (Lipinski definition) is 6. The minimum Gasteiger partial charge on any atom is -0.377 e. The molecule has 2 saturated heterocycles. The highest BCUT2D eigenvalue weighted by Crippen LogP contribution is 2.30. The van der Waals surface area contributed by atoms with E-state index < -0.39 is 6.04 Å². The largest absolute Gasteiger partial charge is 0.377 e. The van der Waals surface area contributed by atoms with Crippen molar-refractivity contribution in [3.05, 3.63) is 76.1 Å². The molecule has 0 spiro atoms. The molecule has 6 rings (SSSR count). The standard InChI is InChI=1S/C30H33FN4O4/c31-24-4-2-21(3-5-24)25-9-14-39-19-23(25)17-34-12-10-33(11-13-34)16-20-1-6-26-22(15-20)18-35(30(26)38)27-7-8-28(36)32-29(27)37/h1-6,15,27H,7-14,16-19H2,(H,32,36,37). The number of halogens is 1. The van der Waals surface area contributed by atoms with Gasteiger partial charge in [-0.2, -0.15) is 0 Å². The summed E-state index contributed by atoms with van der Waals surface area (Å²) < 4.78 is 19.2. The summed E-state index contributed by atoms with van der Waals surface area (Å²) in [6, 6.07) is 12.2. The van der Waals surface area contributed by atoms with Crippen LogP contribution in [0.5, 0.6) is 0 Å². The fourth-order valence-corrected chi connectivity index (χ4v) is 6.13. The van der Waals surface area contributed by atoms with Gasteiger partial charge in [0.25, 0.3) is 5.91 Å². The van der Waals surface area contributed by atoms with E-state index in [1.165, 1.54) is 23.3 Å². The van der Waals surface area contributed by atoms with Crippen molar-refractivity contribution in [2.24, 2.45) is 0 Å². The Balaban J connectivity index is 1.05. The zero-order chi connectivity index (χ0) is 26.9. The van der Waals surface area contributed by atoms with Gasteiger partial charge in [0.1, 0.15) is 11.9 Å². The molecule has 2 aromatic carbocycles. The Bertz CT molecular complexity index is 1320. The number of rotatable bonds is 6. The number of piperidine rings is 1. The van der Waals surface area contributed by atoms with Crippen molar-refractivity contribution < 1.29 is 23.5 Å². The highest BCUT2D eigenvalue weighted by molar-refractivity contribution is 6.05. The smallest absolute Gasteiger partial charge is 0.255 e. The maximum absolute atomic E-state index is 13.4. The van der Waals surface area contributed by atoms with Gasteiger partial charge in [-0.05, 0) is 58.9 Å². The van der Waals surface area contributed by atoms with Gasteiger partial charge in [-0.25, -0.2) is 4.39 Å². The molecule has 4 heterocycles. The molecule has 1 unspecified atom stereocenters. The average molecular weight is 533 g/mol. The van der Waals surface area contributed by atoms with E-state index in [4.69, 9.17) is 4.74 Å². The number of amides is 3. The first-order valence-corrected chi connectivity index (χ1v) is 13.7. The molecule has 8 nitrogen and oxygen atoms in total. The lowest BCUT2D eigenvalue weighted by atomic mass is 9.95. The van der Waals surface area contributed by atoms with Crippen LogP contribution < -0.4 is 5.32 Å².